The van der Waals surface area contributed by atoms with Crippen LogP contribution in [-0.4, -0.2) is 24.2 Å². The summed E-state index contributed by atoms with van der Waals surface area (Å²) >= 11 is 0. The maximum absolute atomic E-state index is 11.8. The molecule has 0 radical (unpaired) electrons. The van der Waals surface area contributed by atoms with Gasteiger partial charge in [-0.15, -0.1) is 0 Å². The second kappa shape index (κ2) is 4.45. The van der Waals surface area contributed by atoms with Crippen molar-refractivity contribution < 1.29 is 9.90 Å². The van der Waals surface area contributed by atoms with Gasteiger partial charge in [0.2, 0.25) is 5.91 Å². The molecular weight excluding hydrogens is 190 g/mol. The number of piperidine rings is 1. The number of benzene rings is 1. The van der Waals surface area contributed by atoms with Crippen LogP contribution in [0, 0.1) is 5.92 Å². The van der Waals surface area contributed by atoms with Gasteiger partial charge >= 0.3 is 0 Å². The molecule has 0 saturated carbocycles. The molecule has 3 heteroatoms. The highest BCUT2D eigenvalue weighted by Crippen LogP contribution is 2.23. The van der Waals surface area contributed by atoms with Gasteiger partial charge in [0.1, 0.15) is 0 Å². The Morgan fingerprint density at radius 2 is 2.07 bits per heavy atom. The maximum atomic E-state index is 11.8. The molecule has 1 aromatic carbocycles. The molecule has 1 amide bonds. The molecule has 0 spiro atoms. The summed E-state index contributed by atoms with van der Waals surface area (Å²) in [4.78, 5) is 13.6. The first-order valence-corrected chi connectivity index (χ1v) is 5.27. The number of aliphatic hydroxyl groups excluding tert-OH is 1. The second-order valence-electron chi connectivity index (χ2n) is 3.92. The quantitative estimate of drug-likeness (QED) is 0.793. The Hall–Kier alpha value is -1.35. The van der Waals surface area contributed by atoms with Crippen LogP contribution in [0.5, 0.6) is 0 Å². The first kappa shape index (κ1) is 10.2. The average Bonchev–Trinajstić information content (AvgIpc) is 2.30. The minimum atomic E-state index is 0.117. The Morgan fingerprint density at radius 3 is 2.67 bits per heavy atom. The van der Waals surface area contributed by atoms with Gasteiger partial charge in [0, 0.05) is 25.3 Å². The fourth-order valence-corrected chi connectivity index (χ4v) is 1.93. The largest absolute Gasteiger partial charge is 0.396 e. The molecule has 1 aromatic rings. The van der Waals surface area contributed by atoms with Gasteiger partial charge < -0.3 is 10.0 Å². The molecule has 1 saturated heterocycles. The van der Waals surface area contributed by atoms with Crippen molar-refractivity contribution in [3.05, 3.63) is 30.3 Å². The van der Waals surface area contributed by atoms with Crippen molar-refractivity contribution in [3.8, 4) is 0 Å². The second-order valence-corrected chi connectivity index (χ2v) is 3.92. The molecule has 1 atom stereocenters. The summed E-state index contributed by atoms with van der Waals surface area (Å²) in [5, 5.41) is 8.99. The Morgan fingerprint density at radius 1 is 1.33 bits per heavy atom. The Balaban J connectivity index is 2.10. The first-order chi connectivity index (χ1) is 7.31. The van der Waals surface area contributed by atoms with Crippen molar-refractivity contribution in [2.24, 2.45) is 5.92 Å². The summed E-state index contributed by atoms with van der Waals surface area (Å²) < 4.78 is 0. The standard InChI is InChI=1S/C12H15NO2/c14-9-10-6-7-13(12(15)8-10)11-4-2-1-3-5-11/h1-5,10,14H,6-9H2/t10-/m0/s1. The highest BCUT2D eigenvalue weighted by atomic mass is 16.3. The molecule has 1 aliphatic heterocycles. The number of nitrogens with zero attached hydrogens (tertiary/aromatic N) is 1. The number of amides is 1. The van der Waals surface area contributed by atoms with E-state index in [0.29, 0.717) is 13.0 Å². The zero-order valence-corrected chi connectivity index (χ0v) is 8.60. The molecule has 0 unspecified atom stereocenters. The minimum Gasteiger partial charge on any atom is -0.396 e. The molecule has 1 fully saturated rings. The highest BCUT2D eigenvalue weighted by Gasteiger charge is 2.25. The van der Waals surface area contributed by atoms with E-state index in [0.717, 1.165) is 12.1 Å². The van der Waals surface area contributed by atoms with Crippen molar-refractivity contribution in [1.82, 2.24) is 0 Å². The molecule has 2 rings (SSSR count). The van der Waals surface area contributed by atoms with Gasteiger partial charge in [-0.2, -0.15) is 0 Å². The van der Waals surface area contributed by atoms with E-state index in [9.17, 15) is 4.79 Å². The van der Waals surface area contributed by atoms with Crippen molar-refractivity contribution in [3.63, 3.8) is 0 Å². The summed E-state index contributed by atoms with van der Waals surface area (Å²) in [5.74, 6) is 0.268. The molecule has 0 aromatic heterocycles. The topological polar surface area (TPSA) is 40.5 Å². The number of rotatable bonds is 2. The van der Waals surface area contributed by atoms with E-state index in [-0.39, 0.29) is 18.4 Å². The summed E-state index contributed by atoms with van der Waals surface area (Å²) in [6.45, 7) is 0.836. The van der Waals surface area contributed by atoms with Crippen molar-refractivity contribution in [2.75, 3.05) is 18.1 Å². The van der Waals surface area contributed by atoms with Crippen LogP contribution >= 0.6 is 0 Å². The number of anilines is 1. The van der Waals surface area contributed by atoms with Crippen LogP contribution in [0.25, 0.3) is 0 Å². The third-order valence-electron chi connectivity index (χ3n) is 2.85. The van der Waals surface area contributed by atoms with Gasteiger partial charge in [0.25, 0.3) is 0 Å². The van der Waals surface area contributed by atoms with E-state index in [1.807, 2.05) is 30.3 Å². The number of aliphatic hydroxyl groups is 1. The number of para-hydroxylation sites is 1. The predicted molar refractivity (Wildman–Crippen MR) is 58.6 cm³/mol. The Bertz CT molecular complexity index is 337. The van der Waals surface area contributed by atoms with Crippen molar-refractivity contribution >= 4 is 11.6 Å². The number of carbonyl (C=O) groups is 1. The summed E-state index contributed by atoms with van der Waals surface area (Å²) in [5.41, 5.74) is 0.957. The number of hydrogen-bond donors (Lipinski definition) is 1. The van der Waals surface area contributed by atoms with Crippen LogP contribution in [0.1, 0.15) is 12.8 Å². The lowest BCUT2D eigenvalue weighted by atomic mass is 9.97. The summed E-state index contributed by atoms with van der Waals surface area (Å²) in [6, 6.07) is 9.68. The number of hydrogen-bond acceptors (Lipinski definition) is 2. The van der Waals surface area contributed by atoms with E-state index >= 15 is 0 Å². The zero-order chi connectivity index (χ0) is 10.7. The molecular formula is C12H15NO2. The monoisotopic (exact) mass is 205 g/mol. The minimum absolute atomic E-state index is 0.117. The zero-order valence-electron chi connectivity index (χ0n) is 8.60. The highest BCUT2D eigenvalue weighted by molar-refractivity contribution is 5.94. The normalized spacial score (nSPS) is 21.8. The van der Waals surface area contributed by atoms with Crippen LogP contribution in [0.15, 0.2) is 30.3 Å². The lowest BCUT2D eigenvalue weighted by molar-refractivity contribution is -0.121. The lowest BCUT2D eigenvalue weighted by Crippen LogP contribution is -2.39. The van der Waals surface area contributed by atoms with Gasteiger partial charge in [-0.25, -0.2) is 0 Å². The molecule has 0 aliphatic carbocycles. The molecule has 1 heterocycles. The smallest absolute Gasteiger partial charge is 0.227 e. The maximum Gasteiger partial charge on any atom is 0.227 e. The fourth-order valence-electron chi connectivity index (χ4n) is 1.93. The molecule has 80 valence electrons. The van der Waals surface area contributed by atoms with E-state index < -0.39 is 0 Å². The summed E-state index contributed by atoms with van der Waals surface area (Å²) in [7, 11) is 0. The van der Waals surface area contributed by atoms with Crippen molar-refractivity contribution in [2.45, 2.75) is 12.8 Å². The average molecular weight is 205 g/mol. The molecule has 3 nitrogen and oxygen atoms in total. The molecule has 1 aliphatic rings. The molecule has 1 N–H and O–H groups in total. The van der Waals surface area contributed by atoms with E-state index in [1.54, 1.807) is 4.90 Å². The van der Waals surface area contributed by atoms with Gasteiger partial charge in [-0.1, -0.05) is 18.2 Å². The van der Waals surface area contributed by atoms with E-state index in [2.05, 4.69) is 0 Å². The van der Waals surface area contributed by atoms with E-state index in [1.165, 1.54) is 0 Å². The van der Waals surface area contributed by atoms with Crippen LogP contribution in [0.3, 0.4) is 0 Å². The molecule has 15 heavy (non-hydrogen) atoms. The SMILES string of the molecule is O=C1C[C@@H](CO)CCN1c1ccccc1. The lowest BCUT2D eigenvalue weighted by Gasteiger charge is -2.30. The van der Waals surface area contributed by atoms with Gasteiger partial charge in [0.05, 0.1) is 0 Å². The van der Waals surface area contributed by atoms with Crippen LogP contribution in [-0.2, 0) is 4.79 Å². The third kappa shape index (κ3) is 2.18. The predicted octanol–water partition coefficient (Wildman–Crippen LogP) is 1.42. The summed E-state index contributed by atoms with van der Waals surface area (Å²) in [6.07, 6.45) is 1.35. The van der Waals surface area contributed by atoms with Crippen LogP contribution < -0.4 is 4.90 Å². The van der Waals surface area contributed by atoms with E-state index in [4.69, 9.17) is 5.11 Å². The fraction of sp³-hybridized carbons (Fsp3) is 0.417. The van der Waals surface area contributed by atoms with Crippen molar-refractivity contribution in [1.29, 1.82) is 0 Å². The van der Waals surface area contributed by atoms with Crippen LogP contribution in [0.2, 0.25) is 0 Å². The van der Waals surface area contributed by atoms with Gasteiger partial charge in [-0.3, -0.25) is 4.79 Å². The third-order valence-corrected chi connectivity index (χ3v) is 2.85. The number of carbonyl (C=O) groups excluding carboxylic acids is 1. The Labute approximate surface area is 89.3 Å². The van der Waals surface area contributed by atoms with Crippen LogP contribution in [0.4, 0.5) is 5.69 Å². The van der Waals surface area contributed by atoms with Gasteiger partial charge in [-0.05, 0) is 24.5 Å². The van der Waals surface area contributed by atoms with Gasteiger partial charge in [0.15, 0.2) is 0 Å². The first-order valence-electron chi connectivity index (χ1n) is 5.27. The molecule has 0 bridgehead atoms. The Kier molecular flexibility index (Phi) is 3.02.